The lowest BCUT2D eigenvalue weighted by Gasteiger charge is -2.13. The molecule has 1 atom stereocenters. The Hall–Kier alpha value is -3.38. The van der Waals surface area contributed by atoms with Crippen LogP contribution in [0.1, 0.15) is 15.9 Å². The number of halogens is 4. The molecule has 0 radical (unpaired) electrons. The number of carboxylic acids is 1. The van der Waals surface area contributed by atoms with Crippen LogP contribution in [-0.2, 0) is 15.7 Å². The van der Waals surface area contributed by atoms with Crippen molar-refractivity contribution >= 4 is 29.2 Å². The molecule has 0 aliphatic heterocycles. The molecule has 0 spiro atoms. The fourth-order valence-electron chi connectivity index (χ4n) is 2.30. The van der Waals surface area contributed by atoms with Gasteiger partial charge in [-0.2, -0.15) is 13.2 Å². The molecule has 0 aliphatic carbocycles. The molecule has 0 aromatic heterocycles. The summed E-state index contributed by atoms with van der Waals surface area (Å²) in [4.78, 5) is 33.6. The molecule has 2 aromatic rings. The van der Waals surface area contributed by atoms with Crippen LogP contribution in [-0.4, -0.2) is 41.7 Å². The number of esters is 1. The van der Waals surface area contributed by atoms with Gasteiger partial charge in [0.15, 0.2) is 0 Å². The van der Waals surface area contributed by atoms with Gasteiger partial charge in [0.25, 0.3) is 5.69 Å². The fourth-order valence-corrected chi connectivity index (χ4v) is 2.52. The van der Waals surface area contributed by atoms with Crippen molar-refractivity contribution in [2.75, 3.05) is 13.7 Å². The summed E-state index contributed by atoms with van der Waals surface area (Å²) in [5, 5.41) is 22.1. The first kappa shape index (κ1) is 23.9. The van der Waals surface area contributed by atoms with E-state index in [0.29, 0.717) is 6.07 Å². The summed E-state index contributed by atoms with van der Waals surface area (Å²) in [5.41, 5.74) is -2.20. The van der Waals surface area contributed by atoms with Crippen LogP contribution in [0.2, 0.25) is 5.02 Å². The highest BCUT2D eigenvalue weighted by molar-refractivity contribution is 6.32. The van der Waals surface area contributed by atoms with Crippen LogP contribution in [0.25, 0.3) is 0 Å². The number of hydrogen-bond donors (Lipinski definition) is 2. The van der Waals surface area contributed by atoms with E-state index in [9.17, 15) is 32.9 Å². The van der Waals surface area contributed by atoms with E-state index in [1.54, 1.807) is 0 Å². The zero-order valence-electron chi connectivity index (χ0n) is 15.6. The number of carboxylic acid groups (broad SMARTS) is 1. The Kier molecular flexibility index (Phi) is 7.41. The van der Waals surface area contributed by atoms with Gasteiger partial charge in [-0.3, -0.25) is 14.9 Å². The Labute approximate surface area is 177 Å². The standard InChI is InChI=1S/C18H14ClF3N2O7/c1-23-13(16(25)26)8-30-17(27)11-7-10(3-4-14(11)24(28)29)31-15-5-2-9(6-12(15)19)18(20,21)22/h2-7,13,23H,8H2,1H3,(H,25,26). The average molecular weight is 463 g/mol. The van der Waals surface area contributed by atoms with Gasteiger partial charge in [0, 0.05) is 12.1 Å². The summed E-state index contributed by atoms with van der Waals surface area (Å²) in [6, 6.07) is 4.05. The van der Waals surface area contributed by atoms with E-state index in [-0.39, 0.29) is 16.5 Å². The van der Waals surface area contributed by atoms with Gasteiger partial charge in [0.2, 0.25) is 0 Å². The molecule has 0 saturated carbocycles. The van der Waals surface area contributed by atoms with Crippen LogP contribution in [0, 0.1) is 10.1 Å². The zero-order chi connectivity index (χ0) is 23.3. The molecule has 0 heterocycles. The van der Waals surface area contributed by atoms with Crippen LogP contribution in [0.5, 0.6) is 11.5 Å². The second-order valence-electron chi connectivity index (χ2n) is 5.96. The minimum Gasteiger partial charge on any atom is -0.480 e. The third-order valence-electron chi connectivity index (χ3n) is 3.90. The van der Waals surface area contributed by atoms with Crippen LogP contribution < -0.4 is 10.1 Å². The predicted octanol–water partition coefficient (Wildman–Crippen LogP) is 3.89. The summed E-state index contributed by atoms with van der Waals surface area (Å²) >= 11 is 5.81. The lowest BCUT2D eigenvalue weighted by molar-refractivity contribution is -0.385. The average Bonchev–Trinajstić information content (AvgIpc) is 2.68. The fraction of sp³-hybridized carbons (Fsp3) is 0.222. The van der Waals surface area contributed by atoms with Gasteiger partial charge in [-0.15, -0.1) is 0 Å². The molecule has 0 amide bonds. The minimum atomic E-state index is -4.62. The van der Waals surface area contributed by atoms with Crippen molar-refractivity contribution in [3.05, 3.63) is 62.7 Å². The number of nitro groups is 1. The topological polar surface area (TPSA) is 128 Å². The first-order chi connectivity index (χ1) is 14.4. The number of likely N-dealkylation sites (N-methyl/N-ethyl adjacent to an activating group) is 1. The van der Waals surface area contributed by atoms with E-state index >= 15 is 0 Å². The molecular weight excluding hydrogens is 449 g/mol. The first-order valence-electron chi connectivity index (χ1n) is 8.34. The minimum absolute atomic E-state index is 0.150. The molecule has 9 nitrogen and oxygen atoms in total. The number of alkyl halides is 3. The third kappa shape index (κ3) is 6.06. The largest absolute Gasteiger partial charge is 0.480 e. The van der Waals surface area contributed by atoms with Crippen molar-refractivity contribution in [2.45, 2.75) is 12.2 Å². The molecule has 31 heavy (non-hydrogen) atoms. The molecule has 2 N–H and O–H groups in total. The summed E-state index contributed by atoms with van der Waals surface area (Å²) in [6.07, 6.45) is -4.62. The molecule has 0 fully saturated rings. The number of hydrogen-bond acceptors (Lipinski definition) is 7. The quantitative estimate of drug-likeness (QED) is 0.343. The van der Waals surface area contributed by atoms with Gasteiger partial charge in [-0.25, -0.2) is 4.79 Å². The second-order valence-corrected chi connectivity index (χ2v) is 6.37. The zero-order valence-corrected chi connectivity index (χ0v) is 16.4. The van der Waals surface area contributed by atoms with E-state index in [1.807, 2.05) is 0 Å². The third-order valence-corrected chi connectivity index (χ3v) is 4.19. The van der Waals surface area contributed by atoms with E-state index in [0.717, 1.165) is 30.3 Å². The van der Waals surface area contributed by atoms with E-state index in [2.05, 4.69) is 5.32 Å². The summed E-state index contributed by atoms with van der Waals surface area (Å²) in [6.45, 7) is -0.613. The number of nitrogens with zero attached hydrogens (tertiary/aromatic N) is 1. The molecule has 0 bridgehead atoms. The van der Waals surface area contributed by atoms with Gasteiger partial charge in [0.1, 0.15) is 29.7 Å². The Balaban J connectivity index is 2.30. The molecular formula is C18H14ClF3N2O7. The Morgan fingerprint density at radius 1 is 1.26 bits per heavy atom. The number of ether oxygens (including phenoxy) is 2. The van der Waals surface area contributed by atoms with Gasteiger partial charge in [-0.1, -0.05) is 11.6 Å². The highest BCUT2D eigenvalue weighted by Gasteiger charge is 2.31. The summed E-state index contributed by atoms with van der Waals surface area (Å²) in [7, 11) is 1.32. The van der Waals surface area contributed by atoms with E-state index in [4.69, 9.17) is 26.2 Å². The second kappa shape index (κ2) is 9.62. The maximum Gasteiger partial charge on any atom is 0.416 e. The van der Waals surface area contributed by atoms with Crippen molar-refractivity contribution in [3.8, 4) is 11.5 Å². The smallest absolute Gasteiger partial charge is 0.416 e. The first-order valence-corrected chi connectivity index (χ1v) is 8.72. The molecule has 166 valence electrons. The van der Waals surface area contributed by atoms with E-state index < -0.39 is 52.5 Å². The van der Waals surface area contributed by atoms with Crippen molar-refractivity contribution in [1.29, 1.82) is 0 Å². The molecule has 1 unspecified atom stereocenters. The van der Waals surface area contributed by atoms with E-state index in [1.165, 1.54) is 7.05 Å². The number of carbonyl (C=O) groups excluding carboxylic acids is 1. The van der Waals surface area contributed by atoms with Crippen molar-refractivity contribution in [1.82, 2.24) is 5.32 Å². The number of nitrogens with one attached hydrogen (secondary N) is 1. The monoisotopic (exact) mass is 462 g/mol. The molecule has 2 aromatic carbocycles. The molecule has 13 heteroatoms. The molecule has 2 rings (SSSR count). The lowest BCUT2D eigenvalue weighted by Crippen LogP contribution is -2.38. The van der Waals surface area contributed by atoms with Gasteiger partial charge < -0.3 is 19.9 Å². The normalized spacial score (nSPS) is 12.2. The lowest BCUT2D eigenvalue weighted by atomic mass is 10.1. The van der Waals surface area contributed by atoms with Crippen LogP contribution in [0.3, 0.4) is 0 Å². The van der Waals surface area contributed by atoms with Gasteiger partial charge >= 0.3 is 18.1 Å². The number of aliphatic carboxylic acids is 1. The van der Waals surface area contributed by atoms with Crippen molar-refractivity contribution in [2.24, 2.45) is 0 Å². The van der Waals surface area contributed by atoms with Crippen molar-refractivity contribution < 1.29 is 42.3 Å². The summed E-state index contributed by atoms with van der Waals surface area (Å²) < 4.78 is 48.4. The highest BCUT2D eigenvalue weighted by atomic mass is 35.5. The van der Waals surface area contributed by atoms with Crippen LogP contribution in [0.4, 0.5) is 18.9 Å². The molecule has 0 saturated heterocycles. The Bertz CT molecular complexity index is 1010. The van der Waals surface area contributed by atoms with Gasteiger partial charge in [-0.05, 0) is 31.3 Å². The maximum atomic E-state index is 12.7. The predicted molar refractivity (Wildman–Crippen MR) is 100 cm³/mol. The summed E-state index contributed by atoms with van der Waals surface area (Å²) in [5.74, 6) is -2.84. The highest BCUT2D eigenvalue weighted by Crippen LogP contribution is 2.37. The number of nitro benzene ring substituents is 1. The number of carbonyl (C=O) groups is 2. The SMILES string of the molecule is CNC(COC(=O)c1cc(Oc2ccc(C(F)(F)F)cc2Cl)ccc1[N+](=O)[O-])C(=O)O. The van der Waals surface area contributed by atoms with Gasteiger partial charge in [0.05, 0.1) is 15.5 Å². The Morgan fingerprint density at radius 2 is 1.94 bits per heavy atom. The van der Waals surface area contributed by atoms with Crippen LogP contribution >= 0.6 is 11.6 Å². The Morgan fingerprint density at radius 3 is 2.45 bits per heavy atom. The number of rotatable bonds is 8. The van der Waals surface area contributed by atoms with Crippen LogP contribution in [0.15, 0.2) is 36.4 Å². The molecule has 0 aliphatic rings. The number of benzene rings is 2. The van der Waals surface area contributed by atoms with Crippen molar-refractivity contribution in [3.63, 3.8) is 0 Å². The maximum absolute atomic E-state index is 12.7.